The third-order valence-electron chi connectivity index (χ3n) is 3.16. The fraction of sp³-hybridized carbons (Fsp3) is 0.818. The first-order valence-corrected chi connectivity index (χ1v) is 5.61. The maximum Gasteiger partial charge on any atom is 0.229 e. The zero-order valence-corrected chi connectivity index (χ0v) is 9.95. The summed E-state index contributed by atoms with van der Waals surface area (Å²) in [6.07, 6.45) is 1.72. The van der Waals surface area contributed by atoms with Gasteiger partial charge in [-0.05, 0) is 6.92 Å². The van der Waals surface area contributed by atoms with E-state index in [0.29, 0.717) is 19.4 Å². The number of nitrogens with zero attached hydrogens (tertiary/aromatic N) is 2. The molecule has 86 valence electrons. The number of rotatable bonds is 5. The minimum atomic E-state index is 0.00167. The molecule has 0 unspecified atom stereocenters. The molecule has 0 aromatic rings. The smallest absolute Gasteiger partial charge is 0.229 e. The van der Waals surface area contributed by atoms with Crippen molar-refractivity contribution < 1.29 is 14.1 Å². The van der Waals surface area contributed by atoms with E-state index in [2.05, 4.69) is 21.0 Å². The average Bonchev–Trinajstić information content (AvgIpc) is 2.49. The summed E-state index contributed by atoms with van der Waals surface area (Å²) in [5.41, 5.74) is 0. The Morgan fingerprint density at radius 2 is 1.73 bits per heavy atom. The lowest BCUT2D eigenvalue weighted by molar-refractivity contribution is -0.888. The number of quaternary nitrogens is 1. The molecule has 1 fully saturated rings. The van der Waals surface area contributed by atoms with E-state index in [1.807, 2.05) is 0 Å². The Morgan fingerprint density at radius 1 is 1.20 bits per heavy atom. The van der Waals surface area contributed by atoms with Crippen LogP contribution in [0.25, 0.3) is 0 Å². The van der Waals surface area contributed by atoms with Crippen LogP contribution in [-0.4, -0.2) is 54.9 Å². The van der Waals surface area contributed by atoms with Gasteiger partial charge in [0.2, 0.25) is 11.8 Å². The Hall–Kier alpha value is -0.900. The molecule has 0 aliphatic carbocycles. The zero-order chi connectivity index (χ0) is 11.5. The standard InChI is InChI=1S/C11H21N2O2/c1-4-13(2,3)9-5-8-12-10(14)6-7-11(12)15/h4-9H2,1-3H3/q+1. The van der Waals surface area contributed by atoms with Crippen LogP contribution in [-0.2, 0) is 9.59 Å². The Morgan fingerprint density at radius 3 is 2.20 bits per heavy atom. The summed E-state index contributed by atoms with van der Waals surface area (Å²) in [5.74, 6) is 0.00334. The molecule has 4 nitrogen and oxygen atoms in total. The summed E-state index contributed by atoms with van der Waals surface area (Å²) in [5, 5.41) is 0. The minimum Gasteiger partial charge on any atom is -0.329 e. The molecule has 0 aromatic carbocycles. The van der Waals surface area contributed by atoms with Crippen LogP contribution in [0.5, 0.6) is 0 Å². The van der Waals surface area contributed by atoms with Crippen molar-refractivity contribution in [3.63, 3.8) is 0 Å². The van der Waals surface area contributed by atoms with Gasteiger partial charge in [-0.3, -0.25) is 14.5 Å². The van der Waals surface area contributed by atoms with Crippen molar-refractivity contribution in [3.8, 4) is 0 Å². The van der Waals surface area contributed by atoms with Gasteiger partial charge in [-0.1, -0.05) is 0 Å². The molecule has 0 saturated carbocycles. The molecule has 4 heteroatoms. The predicted octanol–water partition coefficient (Wildman–Crippen LogP) is 0.622. The molecular weight excluding hydrogens is 192 g/mol. The molecule has 2 amide bonds. The first kappa shape index (κ1) is 12.2. The van der Waals surface area contributed by atoms with E-state index in [9.17, 15) is 9.59 Å². The van der Waals surface area contributed by atoms with Crippen molar-refractivity contribution in [2.75, 3.05) is 33.7 Å². The minimum absolute atomic E-state index is 0.00167. The van der Waals surface area contributed by atoms with Crippen molar-refractivity contribution in [1.29, 1.82) is 0 Å². The molecule has 0 N–H and O–H groups in total. The third-order valence-corrected chi connectivity index (χ3v) is 3.16. The van der Waals surface area contributed by atoms with Crippen LogP contribution in [0.2, 0.25) is 0 Å². The van der Waals surface area contributed by atoms with E-state index in [0.717, 1.165) is 24.0 Å². The van der Waals surface area contributed by atoms with E-state index >= 15 is 0 Å². The Balaban J connectivity index is 2.31. The Bertz CT molecular complexity index is 245. The van der Waals surface area contributed by atoms with E-state index < -0.39 is 0 Å². The van der Waals surface area contributed by atoms with Gasteiger partial charge in [0.1, 0.15) is 0 Å². The van der Waals surface area contributed by atoms with Gasteiger partial charge >= 0.3 is 0 Å². The first-order valence-electron chi connectivity index (χ1n) is 5.61. The second-order valence-electron chi connectivity index (χ2n) is 4.77. The van der Waals surface area contributed by atoms with Crippen LogP contribution in [0.15, 0.2) is 0 Å². The van der Waals surface area contributed by atoms with Gasteiger partial charge in [0.05, 0.1) is 27.2 Å². The van der Waals surface area contributed by atoms with E-state index in [1.54, 1.807) is 0 Å². The van der Waals surface area contributed by atoms with E-state index in [-0.39, 0.29) is 11.8 Å². The van der Waals surface area contributed by atoms with Crippen LogP contribution in [0.4, 0.5) is 0 Å². The summed E-state index contributed by atoms with van der Waals surface area (Å²) in [4.78, 5) is 24.0. The molecule has 1 heterocycles. The lowest BCUT2D eigenvalue weighted by atomic mass is 10.3. The van der Waals surface area contributed by atoms with Gasteiger partial charge in [0, 0.05) is 25.8 Å². The summed E-state index contributed by atoms with van der Waals surface area (Å²) in [6, 6.07) is 0. The molecule has 0 radical (unpaired) electrons. The van der Waals surface area contributed by atoms with Gasteiger partial charge < -0.3 is 4.48 Å². The number of amides is 2. The molecule has 0 atom stereocenters. The topological polar surface area (TPSA) is 37.4 Å². The molecular formula is C11H21N2O2+. The highest BCUT2D eigenvalue weighted by Gasteiger charge is 2.28. The molecule has 1 aliphatic heterocycles. The van der Waals surface area contributed by atoms with E-state index in [1.165, 1.54) is 4.90 Å². The Kier molecular flexibility index (Phi) is 3.85. The van der Waals surface area contributed by atoms with E-state index in [4.69, 9.17) is 0 Å². The van der Waals surface area contributed by atoms with Crippen LogP contribution < -0.4 is 0 Å². The first-order chi connectivity index (χ1) is 6.96. The fourth-order valence-corrected chi connectivity index (χ4v) is 1.69. The maximum absolute atomic E-state index is 11.3. The van der Waals surface area contributed by atoms with Crippen LogP contribution in [0.1, 0.15) is 26.2 Å². The van der Waals surface area contributed by atoms with Crippen molar-refractivity contribution in [2.24, 2.45) is 0 Å². The van der Waals surface area contributed by atoms with Crippen LogP contribution in [0, 0.1) is 0 Å². The molecule has 1 saturated heterocycles. The average molecular weight is 213 g/mol. The number of hydrogen-bond donors (Lipinski definition) is 0. The molecule has 15 heavy (non-hydrogen) atoms. The van der Waals surface area contributed by atoms with Gasteiger partial charge in [-0.25, -0.2) is 0 Å². The second-order valence-corrected chi connectivity index (χ2v) is 4.77. The van der Waals surface area contributed by atoms with Crippen molar-refractivity contribution in [1.82, 2.24) is 4.90 Å². The zero-order valence-electron chi connectivity index (χ0n) is 9.95. The predicted molar refractivity (Wildman–Crippen MR) is 58.1 cm³/mol. The second kappa shape index (κ2) is 4.75. The van der Waals surface area contributed by atoms with Crippen molar-refractivity contribution in [2.45, 2.75) is 26.2 Å². The highest BCUT2D eigenvalue weighted by molar-refractivity contribution is 6.01. The summed E-state index contributed by atoms with van der Waals surface area (Å²) < 4.78 is 0.941. The molecule has 0 spiro atoms. The van der Waals surface area contributed by atoms with Crippen molar-refractivity contribution in [3.05, 3.63) is 0 Å². The van der Waals surface area contributed by atoms with Gasteiger partial charge in [-0.2, -0.15) is 0 Å². The quantitative estimate of drug-likeness (QED) is 0.496. The molecule has 0 bridgehead atoms. The molecule has 1 aliphatic rings. The lowest BCUT2D eigenvalue weighted by Gasteiger charge is -2.28. The molecule has 1 rings (SSSR count). The van der Waals surface area contributed by atoms with Gasteiger partial charge in [-0.15, -0.1) is 0 Å². The fourth-order valence-electron chi connectivity index (χ4n) is 1.69. The highest BCUT2D eigenvalue weighted by Crippen LogP contribution is 2.12. The Labute approximate surface area is 91.4 Å². The van der Waals surface area contributed by atoms with Crippen LogP contribution >= 0.6 is 0 Å². The summed E-state index contributed by atoms with van der Waals surface area (Å²) in [7, 11) is 4.32. The van der Waals surface area contributed by atoms with Gasteiger partial charge in [0.25, 0.3) is 0 Å². The molecule has 0 aromatic heterocycles. The summed E-state index contributed by atoms with van der Waals surface area (Å²) >= 11 is 0. The number of likely N-dealkylation sites (tertiary alicyclic amines) is 1. The largest absolute Gasteiger partial charge is 0.329 e. The number of imide groups is 1. The monoisotopic (exact) mass is 213 g/mol. The number of hydrogen-bond acceptors (Lipinski definition) is 2. The van der Waals surface area contributed by atoms with Crippen molar-refractivity contribution >= 4 is 11.8 Å². The number of carbonyl (C=O) groups excluding carboxylic acids is 2. The third kappa shape index (κ3) is 3.30. The normalized spacial score (nSPS) is 17.7. The van der Waals surface area contributed by atoms with Gasteiger partial charge in [0.15, 0.2) is 0 Å². The SMILES string of the molecule is CC[N+](C)(C)CCCN1C(=O)CCC1=O. The lowest BCUT2D eigenvalue weighted by Crippen LogP contribution is -2.42. The highest BCUT2D eigenvalue weighted by atomic mass is 16.2. The van der Waals surface area contributed by atoms with Crippen LogP contribution in [0.3, 0.4) is 0 Å². The number of carbonyl (C=O) groups is 2. The summed E-state index contributed by atoms with van der Waals surface area (Å²) in [6.45, 7) is 4.82. The maximum atomic E-state index is 11.3.